The van der Waals surface area contributed by atoms with Gasteiger partial charge >= 0.3 is 6.18 Å². The van der Waals surface area contributed by atoms with E-state index in [4.69, 9.17) is 0 Å². The lowest BCUT2D eigenvalue weighted by Crippen LogP contribution is -2.42. The topological polar surface area (TPSA) is 47.7 Å². The standard InChI is InChI=1S/C15H18F3N5/c1-22-11(7-12(20-22)15(16,17)18)14-9-6-8-4-3-5-10(19-8)13(9)21-23(14)2/h7-8,10,19H,3-6H2,1-2H3/t8-,10+/m0/s1. The van der Waals surface area contributed by atoms with Gasteiger partial charge in [0.15, 0.2) is 5.69 Å². The first-order chi connectivity index (χ1) is 10.8. The van der Waals surface area contributed by atoms with Gasteiger partial charge in [0, 0.05) is 25.7 Å². The van der Waals surface area contributed by atoms with E-state index in [1.165, 1.54) is 4.68 Å². The molecule has 5 nitrogen and oxygen atoms in total. The summed E-state index contributed by atoms with van der Waals surface area (Å²) in [6, 6.07) is 1.72. The van der Waals surface area contributed by atoms with E-state index in [0.29, 0.717) is 11.7 Å². The number of aromatic nitrogens is 4. The zero-order chi connectivity index (χ0) is 16.4. The zero-order valence-electron chi connectivity index (χ0n) is 13.0. The van der Waals surface area contributed by atoms with Crippen LogP contribution in [0.15, 0.2) is 6.07 Å². The van der Waals surface area contributed by atoms with Crippen LogP contribution in [0.3, 0.4) is 0 Å². The predicted octanol–water partition coefficient (Wildman–Crippen LogP) is 2.58. The fourth-order valence-electron chi connectivity index (χ4n) is 3.86. The van der Waals surface area contributed by atoms with Crippen molar-refractivity contribution in [3.05, 3.63) is 23.0 Å². The summed E-state index contributed by atoms with van der Waals surface area (Å²) in [5.74, 6) is 0. The van der Waals surface area contributed by atoms with Crippen molar-refractivity contribution in [2.24, 2.45) is 14.1 Å². The van der Waals surface area contributed by atoms with Gasteiger partial charge in [-0.3, -0.25) is 9.36 Å². The maximum atomic E-state index is 12.9. The Bertz CT molecular complexity index is 758. The third-order valence-electron chi connectivity index (χ3n) is 4.85. The molecule has 2 aliphatic heterocycles. The second kappa shape index (κ2) is 4.83. The Balaban J connectivity index is 1.85. The molecule has 4 rings (SSSR count). The summed E-state index contributed by atoms with van der Waals surface area (Å²) in [5.41, 5.74) is 2.41. The molecule has 0 radical (unpaired) electrons. The molecule has 8 heteroatoms. The molecule has 0 aliphatic carbocycles. The minimum atomic E-state index is -4.44. The molecule has 0 saturated carbocycles. The van der Waals surface area contributed by atoms with E-state index in [9.17, 15) is 13.2 Å². The Morgan fingerprint density at radius 3 is 2.65 bits per heavy atom. The maximum absolute atomic E-state index is 12.9. The third kappa shape index (κ3) is 2.27. The molecular formula is C15H18F3N5. The number of nitrogens with zero attached hydrogens (tertiary/aromatic N) is 4. The highest BCUT2D eigenvalue weighted by Gasteiger charge is 2.38. The number of fused-ring (bicyclic) bond motifs is 4. The van der Waals surface area contributed by atoms with Crippen LogP contribution >= 0.6 is 0 Å². The highest BCUT2D eigenvalue weighted by Crippen LogP contribution is 2.39. The van der Waals surface area contributed by atoms with Crippen molar-refractivity contribution in [3.8, 4) is 11.4 Å². The van der Waals surface area contributed by atoms with Gasteiger partial charge in [-0.15, -0.1) is 0 Å². The Morgan fingerprint density at radius 1 is 1.17 bits per heavy atom. The molecule has 4 heterocycles. The van der Waals surface area contributed by atoms with Crippen LogP contribution in [0.25, 0.3) is 11.4 Å². The van der Waals surface area contributed by atoms with E-state index in [-0.39, 0.29) is 6.04 Å². The Kier molecular flexibility index (Phi) is 3.10. The molecule has 2 aromatic heterocycles. The van der Waals surface area contributed by atoms with Crippen LogP contribution in [0.5, 0.6) is 0 Å². The lowest BCUT2D eigenvalue weighted by molar-refractivity contribution is -0.141. The highest BCUT2D eigenvalue weighted by atomic mass is 19.4. The second-order valence-corrected chi connectivity index (χ2v) is 6.42. The minimum Gasteiger partial charge on any atom is -0.305 e. The predicted molar refractivity (Wildman–Crippen MR) is 77.6 cm³/mol. The monoisotopic (exact) mass is 325 g/mol. The van der Waals surface area contributed by atoms with Gasteiger partial charge in [0.05, 0.1) is 23.1 Å². The summed E-state index contributed by atoms with van der Waals surface area (Å²) in [5, 5.41) is 11.8. The van der Waals surface area contributed by atoms with Gasteiger partial charge in [0.1, 0.15) is 0 Å². The molecule has 0 amide bonds. The zero-order valence-corrected chi connectivity index (χ0v) is 13.0. The van der Waals surface area contributed by atoms with Crippen LogP contribution in [0.1, 0.15) is 42.3 Å². The van der Waals surface area contributed by atoms with Crippen molar-refractivity contribution in [2.75, 3.05) is 0 Å². The van der Waals surface area contributed by atoms with Gasteiger partial charge in [-0.05, 0) is 31.7 Å². The molecular weight excluding hydrogens is 307 g/mol. The molecule has 0 unspecified atom stereocenters. The van der Waals surface area contributed by atoms with E-state index in [1.54, 1.807) is 18.8 Å². The average molecular weight is 325 g/mol. The first-order valence-corrected chi connectivity index (χ1v) is 7.78. The van der Waals surface area contributed by atoms with Crippen molar-refractivity contribution < 1.29 is 13.2 Å². The fourth-order valence-corrected chi connectivity index (χ4v) is 3.86. The van der Waals surface area contributed by atoms with Crippen molar-refractivity contribution in [2.45, 2.75) is 43.9 Å². The molecule has 0 spiro atoms. The minimum absolute atomic E-state index is 0.216. The van der Waals surface area contributed by atoms with Crippen LogP contribution < -0.4 is 5.32 Å². The van der Waals surface area contributed by atoms with Crippen molar-refractivity contribution in [3.63, 3.8) is 0 Å². The van der Waals surface area contributed by atoms with Crippen LogP contribution in [-0.4, -0.2) is 25.6 Å². The molecule has 23 heavy (non-hydrogen) atoms. The number of hydrogen-bond acceptors (Lipinski definition) is 3. The molecule has 2 atom stereocenters. The summed E-state index contributed by atoms with van der Waals surface area (Å²) in [6.45, 7) is 0. The molecule has 2 aromatic rings. The molecule has 1 fully saturated rings. The first kappa shape index (κ1) is 14.7. The van der Waals surface area contributed by atoms with Crippen molar-refractivity contribution >= 4 is 0 Å². The van der Waals surface area contributed by atoms with E-state index in [0.717, 1.165) is 48.7 Å². The van der Waals surface area contributed by atoms with E-state index in [2.05, 4.69) is 15.5 Å². The smallest absolute Gasteiger partial charge is 0.305 e. The van der Waals surface area contributed by atoms with Crippen LogP contribution in [0.2, 0.25) is 0 Å². The largest absolute Gasteiger partial charge is 0.435 e. The van der Waals surface area contributed by atoms with Crippen LogP contribution in [-0.2, 0) is 26.7 Å². The summed E-state index contributed by atoms with van der Waals surface area (Å²) in [7, 11) is 3.34. The number of aryl methyl sites for hydroxylation is 2. The molecule has 2 aliphatic rings. The van der Waals surface area contributed by atoms with Gasteiger partial charge in [-0.2, -0.15) is 23.4 Å². The summed E-state index contributed by atoms with van der Waals surface area (Å²) in [6.07, 6.45) is -0.339. The van der Waals surface area contributed by atoms with E-state index < -0.39 is 11.9 Å². The first-order valence-electron chi connectivity index (χ1n) is 7.78. The quantitative estimate of drug-likeness (QED) is 0.877. The Labute approximate surface area is 131 Å². The van der Waals surface area contributed by atoms with Gasteiger partial charge in [0.25, 0.3) is 0 Å². The van der Waals surface area contributed by atoms with Crippen molar-refractivity contribution in [1.82, 2.24) is 24.9 Å². The molecule has 2 bridgehead atoms. The summed E-state index contributed by atoms with van der Waals surface area (Å²) >= 11 is 0. The molecule has 124 valence electrons. The summed E-state index contributed by atoms with van der Waals surface area (Å²) < 4.78 is 41.8. The SMILES string of the molecule is Cn1nc(C(F)(F)F)cc1-c1c2c(nn1C)[C@H]1CCC[C@@H](C2)N1. The number of alkyl halides is 3. The normalized spacial score (nSPS) is 23.9. The highest BCUT2D eigenvalue weighted by molar-refractivity contribution is 5.63. The lowest BCUT2D eigenvalue weighted by atomic mass is 9.84. The number of halogens is 3. The van der Waals surface area contributed by atoms with E-state index in [1.807, 2.05) is 0 Å². The lowest BCUT2D eigenvalue weighted by Gasteiger charge is -2.35. The van der Waals surface area contributed by atoms with E-state index >= 15 is 0 Å². The van der Waals surface area contributed by atoms with Gasteiger partial charge in [-0.1, -0.05) is 0 Å². The van der Waals surface area contributed by atoms with Gasteiger partial charge < -0.3 is 5.32 Å². The third-order valence-corrected chi connectivity index (χ3v) is 4.85. The summed E-state index contributed by atoms with van der Waals surface area (Å²) in [4.78, 5) is 0. The van der Waals surface area contributed by atoms with Gasteiger partial charge in [-0.25, -0.2) is 0 Å². The maximum Gasteiger partial charge on any atom is 0.435 e. The second-order valence-electron chi connectivity index (χ2n) is 6.42. The van der Waals surface area contributed by atoms with Crippen LogP contribution in [0, 0.1) is 0 Å². The molecule has 1 N–H and O–H groups in total. The number of rotatable bonds is 1. The number of piperidine rings is 1. The van der Waals surface area contributed by atoms with Crippen LogP contribution in [0.4, 0.5) is 13.2 Å². The Morgan fingerprint density at radius 2 is 1.96 bits per heavy atom. The number of nitrogens with one attached hydrogen (secondary N) is 1. The molecule has 1 saturated heterocycles. The van der Waals surface area contributed by atoms with Crippen molar-refractivity contribution in [1.29, 1.82) is 0 Å². The average Bonchev–Trinajstić information content (AvgIpc) is 2.99. The molecule has 0 aromatic carbocycles. The Hall–Kier alpha value is -1.83. The fraction of sp³-hybridized carbons (Fsp3) is 0.600. The van der Waals surface area contributed by atoms with Gasteiger partial charge in [0.2, 0.25) is 0 Å². The number of hydrogen-bond donors (Lipinski definition) is 1.